The van der Waals surface area contributed by atoms with Crippen molar-refractivity contribution < 1.29 is 9.53 Å². The average molecular weight is 200 g/mol. The van der Waals surface area contributed by atoms with Crippen molar-refractivity contribution in [3.8, 4) is 0 Å². The van der Waals surface area contributed by atoms with Gasteiger partial charge in [0.1, 0.15) is 0 Å². The number of ether oxygens (including phenoxy) is 1. The predicted molar refractivity (Wildman–Crippen MR) is 55.1 cm³/mol. The second-order valence-corrected chi connectivity index (χ2v) is 3.88. The normalized spacial score (nSPS) is 28.8. The lowest BCUT2D eigenvalue weighted by Crippen LogP contribution is -2.42. The van der Waals surface area contributed by atoms with Crippen molar-refractivity contribution in [2.24, 2.45) is 5.92 Å². The first kappa shape index (κ1) is 11.5. The molecule has 14 heavy (non-hydrogen) atoms. The molecule has 0 spiro atoms. The van der Waals surface area contributed by atoms with Crippen LogP contribution >= 0.6 is 0 Å². The van der Waals surface area contributed by atoms with Gasteiger partial charge in [-0.2, -0.15) is 0 Å². The lowest BCUT2D eigenvalue weighted by Gasteiger charge is -2.16. The van der Waals surface area contributed by atoms with Crippen LogP contribution in [0.25, 0.3) is 0 Å². The molecule has 0 aromatic carbocycles. The summed E-state index contributed by atoms with van der Waals surface area (Å²) in [4.78, 5) is 11.4. The van der Waals surface area contributed by atoms with Crippen LogP contribution in [0.2, 0.25) is 0 Å². The summed E-state index contributed by atoms with van der Waals surface area (Å²) in [5.74, 6) is 0.537. The first-order valence-electron chi connectivity index (χ1n) is 5.21. The third kappa shape index (κ3) is 2.96. The molecule has 4 nitrogen and oxygen atoms in total. The van der Waals surface area contributed by atoms with Gasteiger partial charge in [-0.05, 0) is 27.3 Å². The van der Waals surface area contributed by atoms with Gasteiger partial charge in [-0.1, -0.05) is 0 Å². The lowest BCUT2D eigenvalue weighted by molar-refractivity contribution is -0.122. The number of carbonyl (C=O) groups is 1. The number of hydrogen-bond acceptors (Lipinski definition) is 3. The van der Waals surface area contributed by atoms with Crippen molar-refractivity contribution in [3.63, 3.8) is 0 Å². The summed E-state index contributed by atoms with van der Waals surface area (Å²) in [6.07, 6.45) is 1.33. The Morgan fingerprint density at radius 3 is 2.86 bits per heavy atom. The summed E-state index contributed by atoms with van der Waals surface area (Å²) in [6.45, 7) is 5.46. The quantitative estimate of drug-likeness (QED) is 0.678. The second kappa shape index (κ2) is 5.32. The highest BCUT2D eigenvalue weighted by atomic mass is 16.5. The Hall–Kier alpha value is -0.610. The van der Waals surface area contributed by atoms with E-state index in [1.54, 1.807) is 7.05 Å². The molecule has 3 unspecified atom stereocenters. The molecule has 82 valence electrons. The smallest absolute Gasteiger partial charge is 0.236 e. The fraction of sp³-hybridized carbons (Fsp3) is 0.900. The molecule has 0 aromatic rings. The number of hydrogen-bond donors (Lipinski definition) is 2. The van der Waals surface area contributed by atoms with Gasteiger partial charge >= 0.3 is 0 Å². The van der Waals surface area contributed by atoms with Gasteiger partial charge in [0, 0.05) is 19.1 Å². The molecule has 1 fully saturated rings. The zero-order valence-corrected chi connectivity index (χ0v) is 9.17. The Kier molecular flexibility index (Phi) is 4.35. The molecule has 0 aliphatic carbocycles. The summed E-state index contributed by atoms with van der Waals surface area (Å²) in [6, 6.07) is -0.118. The van der Waals surface area contributed by atoms with Gasteiger partial charge in [0.05, 0.1) is 12.1 Å². The van der Waals surface area contributed by atoms with Crippen molar-refractivity contribution in [2.45, 2.75) is 32.4 Å². The Labute approximate surface area is 85.4 Å². The molecule has 0 saturated carbocycles. The molecule has 1 rings (SSSR count). The monoisotopic (exact) mass is 200 g/mol. The van der Waals surface area contributed by atoms with E-state index in [1.807, 2.05) is 6.92 Å². The zero-order chi connectivity index (χ0) is 10.6. The number of nitrogens with one attached hydrogen (secondary N) is 2. The van der Waals surface area contributed by atoms with Crippen molar-refractivity contribution in [1.29, 1.82) is 0 Å². The number of amides is 1. The largest absolute Gasteiger partial charge is 0.378 e. The molecule has 1 amide bonds. The fourth-order valence-corrected chi connectivity index (χ4v) is 1.56. The Morgan fingerprint density at radius 1 is 1.64 bits per heavy atom. The van der Waals surface area contributed by atoms with Crippen LogP contribution in [0.5, 0.6) is 0 Å². The molecule has 2 N–H and O–H groups in total. The topological polar surface area (TPSA) is 50.4 Å². The molecule has 1 heterocycles. The third-order valence-electron chi connectivity index (χ3n) is 2.90. The van der Waals surface area contributed by atoms with Crippen LogP contribution < -0.4 is 10.6 Å². The number of rotatable bonds is 4. The van der Waals surface area contributed by atoms with E-state index in [0.29, 0.717) is 5.92 Å². The molecular weight excluding hydrogens is 180 g/mol. The fourth-order valence-electron chi connectivity index (χ4n) is 1.56. The maximum absolute atomic E-state index is 11.4. The van der Waals surface area contributed by atoms with E-state index >= 15 is 0 Å². The van der Waals surface area contributed by atoms with Gasteiger partial charge in [-0.15, -0.1) is 0 Å². The molecule has 4 heteroatoms. The standard InChI is InChI=1S/C10H20N2O2/c1-7(11-3)10(13)12-6-9-4-5-14-8(9)2/h7-9,11H,4-6H2,1-3H3,(H,12,13). The van der Waals surface area contributed by atoms with E-state index < -0.39 is 0 Å². The van der Waals surface area contributed by atoms with Gasteiger partial charge in [-0.25, -0.2) is 0 Å². The SMILES string of the molecule is CNC(C)C(=O)NCC1CCOC1C. The molecule has 1 saturated heterocycles. The first-order valence-corrected chi connectivity index (χ1v) is 5.21. The highest BCUT2D eigenvalue weighted by Gasteiger charge is 2.24. The van der Waals surface area contributed by atoms with Crippen LogP contribution in [0.15, 0.2) is 0 Å². The first-order chi connectivity index (χ1) is 6.65. The molecule has 3 atom stereocenters. The third-order valence-corrected chi connectivity index (χ3v) is 2.90. The van der Waals surface area contributed by atoms with Crippen molar-refractivity contribution in [1.82, 2.24) is 10.6 Å². The molecule has 1 aliphatic heterocycles. The van der Waals surface area contributed by atoms with Crippen molar-refractivity contribution in [2.75, 3.05) is 20.2 Å². The van der Waals surface area contributed by atoms with Gasteiger partial charge in [0.2, 0.25) is 5.91 Å². The van der Waals surface area contributed by atoms with Crippen molar-refractivity contribution >= 4 is 5.91 Å². The lowest BCUT2D eigenvalue weighted by atomic mass is 10.0. The molecule has 0 aromatic heterocycles. The van der Waals surface area contributed by atoms with Crippen molar-refractivity contribution in [3.05, 3.63) is 0 Å². The van der Waals surface area contributed by atoms with Crippen LogP contribution in [-0.2, 0) is 9.53 Å². The van der Waals surface area contributed by atoms with Gasteiger partial charge < -0.3 is 15.4 Å². The summed E-state index contributed by atoms with van der Waals surface area (Å²) < 4.78 is 5.42. The highest BCUT2D eigenvalue weighted by Crippen LogP contribution is 2.19. The van der Waals surface area contributed by atoms with Crippen LogP contribution in [0.4, 0.5) is 0 Å². The molecule has 0 bridgehead atoms. The van der Waals surface area contributed by atoms with Gasteiger partial charge in [0.15, 0.2) is 0 Å². The predicted octanol–water partition coefficient (Wildman–Crippen LogP) is 0.135. The Morgan fingerprint density at radius 2 is 2.36 bits per heavy atom. The summed E-state index contributed by atoms with van der Waals surface area (Å²) >= 11 is 0. The van der Waals surface area contributed by atoms with Crippen LogP contribution in [0.1, 0.15) is 20.3 Å². The van der Waals surface area contributed by atoms with Crippen LogP contribution in [-0.4, -0.2) is 38.3 Å². The second-order valence-electron chi connectivity index (χ2n) is 3.88. The Bertz CT molecular complexity index is 197. The zero-order valence-electron chi connectivity index (χ0n) is 9.17. The number of carbonyl (C=O) groups excluding carboxylic acids is 1. The average Bonchev–Trinajstić information content (AvgIpc) is 2.59. The van der Waals surface area contributed by atoms with Crippen LogP contribution in [0.3, 0.4) is 0 Å². The molecular formula is C10H20N2O2. The van der Waals surface area contributed by atoms with Gasteiger partial charge in [-0.3, -0.25) is 4.79 Å². The minimum Gasteiger partial charge on any atom is -0.378 e. The minimum absolute atomic E-state index is 0.0617. The Balaban J connectivity index is 2.22. The van der Waals surface area contributed by atoms with E-state index in [4.69, 9.17) is 4.74 Å². The van der Waals surface area contributed by atoms with E-state index in [9.17, 15) is 4.79 Å². The van der Waals surface area contributed by atoms with E-state index in [-0.39, 0.29) is 18.1 Å². The maximum atomic E-state index is 11.4. The summed E-state index contributed by atoms with van der Waals surface area (Å²) in [5.41, 5.74) is 0. The minimum atomic E-state index is -0.118. The van der Waals surface area contributed by atoms with E-state index in [1.165, 1.54) is 0 Å². The van der Waals surface area contributed by atoms with E-state index in [0.717, 1.165) is 19.6 Å². The molecule has 0 radical (unpaired) electrons. The maximum Gasteiger partial charge on any atom is 0.236 e. The summed E-state index contributed by atoms with van der Waals surface area (Å²) in [5, 5.41) is 5.83. The highest BCUT2D eigenvalue weighted by molar-refractivity contribution is 5.81. The summed E-state index contributed by atoms with van der Waals surface area (Å²) in [7, 11) is 1.78. The van der Waals surface area contributed by atoms with E-state index in [2.05, 4.69) is 17.6 Å². The van der Waals surface area contributed by atoms with Gasteiger partial charge in [0.25, 0.3) is 0 Å². The number of likely N-dealkylation sites (N-methyl/N-ethyl adjacent to an activating group) is 1. The van der Waals surface area contributed by atoms with Crippen LogP contribution in [0, 0.1) is 5.92 Å². The molecule has 1 aliphatic rings.